The molecule has 3 atom stereocenters. The summed E-state index contributed by atoms with van der Waals surface area (Å²) in [5.41, 5.74) is 5.46. The Bertz CT molecular complexity index is 360. The van der Waals surface area contributed by atoms with Gasteiger partial charge in [0.15, 0.2) is 0 Å². The molecular weight excluding hydrogens is 284 g/mol. The molecule has 21 heavy (non-hydrogen) atoms. The number of likely N-dealkylation sites (N-methyl/N-ethyl adjacent to an activating group) is 1. The van der Waals surface area contributed by atoms with E-state index in [9.17, 15) is 4.79 Å². The van der Waals surface area contributed by atoms with Crippen molar-refractivity contribution in [2.45, 2.75) is 52.6 Å². The Morgan fingerprint density at radius 2 is 2.10 bits per heavy atom. The first-order chi connectivity index (χ1) is 9.81. The summed E-state index contributed by atoms with van der Waals surface area (Å²) in [7, 11) is 1.77. The minimum atomic E-state index is 0.00647. The van der Waals surface area contributed by atoms with Crippen LogP contribution in [0.15, 0.2) is 0 Å². The molecule has 1 aliphatic carbocycles. The Hall–Kier alpha value is -0.680. The predicted octanol–water partition coefficient (Wildman–Crippen LogP) is 2.60. The van der Waals surface area contributed by atoms with E-state index in [1.807, 2.05) is 0 Å². The van der Waals surface area contributed by atoms with E-state index in [4.69, 9.17) is 22.7 Å². The van der Waals surface area contributed by atoms with E-state index >= 15 is 0 Å². The van der Waals surface area contributed by atoms with Gasteiger partial charge in [-0.25, -0.2) is 0 Å². The van der Waals surface area contributed by atoms with Gasteiger partial charge in [-0.2, -0.15) is 0 Å². The van der Waals surface area contributed by atoms with Crippen LogP contribution in [0.3, 0.4) is 0 Å². The summed E-state index contributed by atoms with van der Waals surface area (Å²) >= 11 is 4.83. The molecule has 0 aromatic carbocycles. The number of nitrogens with two attached hydrogens (primary N) is 1. The Morgan fingerprint density at radius 3 is 2.67 bits per heavy atom. The van der Waals surface area contributed by atoms with Crippen LogP contribution in [0.4, 0.5) is 0 Å². The van der Waals surface area contributed by atoms with Crippen molar-refractivity contribution < 1.29 is 9.53 Å². The van der Waals surface area contributed by atoms with Crippen molar-refractivity contribution in [3.8, 4) is 0 Å². The molecule has 0 aromatic rings. The normalized spacial score (nSPS) is 25.9. The average Bonchev–Trinajstić information content (AvgIpc) is 2.41. The lowest BCUT2D eigenvalue weighted by Gasteiger charge is -2.37. The molecule has 0 aromatic heterocycles. The molecule has 0 spiro atoms. The molecule has 1 aliphatic rings. The molecule has 2 N–H and O–H groups in total. The van der Waals surface area contributed by atoms with Crippen molar-refractivity contribution in [1.29, 1.82) is 0 Å². The van der Waals surface area contributed by atoms with Crippen LogP contribution < -0.4 is 5.73 Å². The molecule has 1 saturated carbocycles. The van der Waals surface area contributed by atoms with E-state index in [1.54, 1.807) is 11.9 Å². The molecule has 0 saturated heterocycles. The fourth-order valence-corrected chi connectivity index (χ4v) is 3.09. The van der Waals surface area contributed by atoms with Crippen LogP contribution in [0.5, 0.6) is 0 Å². The molecule has 1 rings (SSSR count). The third-order valence-corrected chi connectivity index (χ3v) is 4.71. The lowest BCUT2D eigenvalue weighted by Crippen LogP contribution is -2.38. The van der Waals surface area contributed by atoms with Crippen LogP contribution in [0.2, 0.25) is 0 Å². The number of amides is 1. The molecule has 122 valence electrons. The minimum absolute atomic E-state index is 0.00647. The second-order valence-electron chi connectivity index (χ2n) is 6.71. The zero-order chi connectivity index (χ0) is 16.0. The van der Waals surface area contributed by atoms with Crippen LogP contribution in [0.25, 0.3) is 0 Å². The fourth-order valence-electron chi connectivity index (χ4n) is 3.00. The molecule has 1 amide bonds. The van der Waals surface area contributed by atoms with Gasteiger partial charge in [-0.1, -0.05) is 39.4 Å². The Balaban J connectivity index is 2.43. The Labute approximate surface area is 134 Å². The summed E-state index contributed by atoms with van der Waals surface area (Å²) in [4.78, 5) is 14.2. The standard InChI is InChI=1S/C16H30N2O2S/c1-11(2)13-6-5-12(3)9-14(13)20-10-16(19)18(4)8-7-15(17)21/h11-14H,5-10H2,1-4H3,(H2,17,21). The summed E-state index contributed by atoms with van der Waals surface area (Å²) in [6, 6.07) is 0. The zero-order valence-electron chi connectivity index (χ0n) is 13.8. The predicted molar refractivity (Wildman–Crippen MR) is 90.1 cm³/mol. The fraction of sp³-hybridized carbons (Fsp3) is 0.875. The van der Waals surface area contributed by atoms with Gasteiger partial charge in [0.1, 0.15) is 6.61 Å². The number of carbonyl (C=O) groups is 1. The molecule has 0 aliphatic heterocycles. The van der Waals surface area contributed by atoms with Gasteiger partial charge in [0.05, 0.1) is 11.1 Å². The van der Waals surface area contributed by atoms with Crippen molar-refractivity contribution >= 4 is 23.1 Å². The number of nitrogens with zero attached hydrogens (tertiary/aromatic N) is 1. The maximum absolute atomic E-state index is 12.1. The highest BCUT2D eigenvalue weighted by Crippen LogP contribution is 2.35. The number of rotatable bonds is 7. The van der Waals surface area contributed by atoms with Gasteiger partial charge in [0.2, 0.25) is 5.91 Å². The van der Waals surface area contributed by atoms with E-state index in [-0.39, 0.29) is 18.6 Å². The maximum atomic E-state index is 12.1. The smallest absolute Gasteiger partial charge is 0.248 e. The van der Waals surface area contributed by atoms with Crippen molar-refractivity contribution in [2.75, 3.05) is 20.2 Å². The number of hydrogen-bond donors (Lipinski definition) is 1. The van der Waals surface area contributed by atoms with E-state index in [1.165, 1.54) is 12.8 Å². The molecular formula is C16H30N2O2S. The number of ether oxygens (including phenoxy) is 1. The highest BCUT2D eigenvalue weighted by Gasteiger charge is 2.31. The van der Waals surface area contributed by atoms with Crippen molar-refractivity contribution in [3.63, 3.8) is 0 Å². The molecule has 4 nitrogen and oxygen atoms in total. The second kappa shape index (κ2) is 8.69. The molecule has 0 bridgehead atoms. The molecule has 3 unspecified atom stereocenters. The lowest BCUT2D eigenvalue weighted by molar-refractivity contribution is -0.140. The van der Waals surface area contributed by atoms with Gasteiger partial charge in [-0.15, -0.1) is 0 Å². The molecule has 1 fully saturated rings. The van der Waals surface area contributed by atoms with Crippen LogP contribution in [0, 0.1) is 17.8 Å². The number of hydrogen-bond acceptors (Lipinski definition) is 3. The van der Waals surface area contributed by atoms with Crippen molar-refractivity contribution in [2.24, 2.45) is 23.5 Å². The van der Waals surface area contributed by atoms with Crippen LogP contribution in [0.1, 0.15) is 46.5 Å². The minimum Gasteiger partial charge on any atom is -0.393 e. The van der Waals surface area contributed by atoms with Crippen molar-refractivity contribution in [1.82, 2.24) is 4.90 Å². The first-order valence-corrected chi connectivity index (χ1v) is 8.36. The van der Waals surface area contributed by atoms with Gasteiger partial charge < -0.3 is 15.4 Å². The SMILES string of the molecule is CC1CCC(C(C)C)C(OCC(=O)N(C)CCC(N)=S)C1. The van der Waals surface area contributed by atoms with Gasteiger partial charge in [0, 0.05) is 20.0 Å². The summed E-state index contributed by atoms with van der Waals surface area (Å²) in [6.07, 6.45) is 4.31. The summed E-state index contributed by atoms with van der Waals surface area (Å²) < 4.78 is 5.96. The molecule has 5 heteroatoms. The topological polar surface area (TPSA) is 55.6 Å². The van der Waals surface area contributed by atoms with E-state index in [2.05, 4.69) is 20.8 Å². The van der Waals surface area contributed by atoms with Crippen LogP contribution >= 0.6 is 12.2 Å². The average molecular weight is 314 g/mol. The number of carbonyl (C=O) groups excluding carboxylic acids is 1. The molecule has 0 radical (unpaired) electrons. The second-order valence-corrected chi connectivity index (χ2v) is 7.23. The van der Waals surface area contributed by atoms with E-state index in [0.29, 0.717) is 35.7 Å². The lowest BCUT2D eigenvalue weighted by atomic mass is 9.75. The van der Waals surface area contributed by atoms with Gasteiger partial charge >= 0.3 is 0 Å². The largest absolute Gasteiger partial charge is 0.393 e. The van der Waals surface area contributed by atoms with Crippen molar-refractivity contribution in [3.05, 3.63) is 0 Å². The first-order valence-electron chi connectivity index (χ1n) is 7.95. The third kappa shape index (κ3) is 6.30. The van der Waals surface area contributed by atoms with Gasteiger partial charge in [-0.3, -0.25) is 4.79 Å². The highest BCUT2D eigenvalue weighted by molar-refractivity contribution is 7.80. The Kier molecular flexibility index (Phi) is 7.60. The third-order valence-electron chi connectivity index (χ3n) is 4.50. The summed E-state index contributed by atoms with van der Waals surface area (Å²) in [5, 5.41) is 0. The zero-order valence-corrected chi connectivity index (χ0v) is 14.6. The monoisotopic (exact) mass is 314 g/mol. The van der Waals surface area contributed by atoms with Crippen LogP contribution in [-0.4, -0.2) is 42.1 Å². The van der Waals surface area contributed by atoms with Gasteiger partial charge in [-0.05, 0) is 30.6 Å². The highest BCUT2D eigenvalue weighted by atomic mass is 32.1. The van der Waals surface area contributed by atoms with E-state index in [0.717, 1.165) is 6.42 Å². The van der Waals surface area contributed by atoms with Gasteiger partial charge in [0.25, 0.3) is 0 Å². The summed E-state index contributed by atoms with van der Waals surface area (Å²) in [5.74, 6) is 1.86. The number of thiocarbonyl (C=S) groups is 1. The quantitative estimate of drug-likeness (QED) is 0.734. The maximum Gasteiger partial charge on any atom is 0.248 e. The van der Waals surface area contributed by atoms with Crippen LogP contribution in [-0.2, 0) is 9.53 Å². The summed E-state index contributed by atoms with van der Waals surface area (Å²) in [6.45, 7) is 7.48. The van der Waals surface area contributed by atoms with E-state index < -0.39 is 0 Å². The Morgan fingerprint density at radius 1 is 1.43 bits per heavy atom. The first kappa shape index (κ1) is 18.4. The molecule has 0 heterocycles.